The van der Waals surface area contributed by atoms with Crippen molar-refractivity contribution in [1.82, 2.24) is 0 Å². The van der Waals surface area contributed by atoms with Gasteiger partial charge in [-0.1, -0.05) is 15.9 Å². The van der Waals surface area contributed by atoms with Crippen molar-refractivity contribution in [3.8, 4) is 0 Å². The Morgan fingerprint density at radius 2 is 2.29 bits per heavy atom. The summed E-state index contributed by atoms with van der Waals surface area (Å²) in [7, 11) is 0. The monoisotopic (exact) mass is 302 g/mol. The Balaban J connectivity index is 2.92. The topological polar surface area (TPSA) is 92.5 Å². The third kappa shape index (κ3) is 4.03. The predicted octanol–water partition coefficient (Wildman–Crippen LogP) is 2.63. The molecule has 1 aromatic carbocycles. The van der Waals surface area contributed by atoms with Crippen LogP contribution in [0.3, 0.4) is 0 Å². The predicted molar refractivity (Wildman–Crippen MR) is 66.1 cm³/mol. The molecule has 17 heavy (non-hydrogen) atoms. The van der Waals surface area contributed by atoms with Crippen molar-refractivity contribution in [2.45, 2.75) is 19.4 Å². The third-order valence-electron chi connectivity index (χ3n) is 2.04. The van der Waals surface area contributed by atoms with Gasteiger partial charge in [-0.25, -0.2) is 0 Å². The van der Waals surface area contributed by atoms with Crippen LogP contribution in [0.25, 0.3) is 0 Å². The number of halogens is 1. The lowest BCUT2D eigenvalue weighted by Crippen LogP contribution is -2.19. The number of carboxylic acids is 1. The van der Waals surface area contributed by atoms with Gasteiger partial charge in [0.1, 0.15) is 5.69 Å². The van der Waals surface area contributed by atoms with E-state index in [2.05, 4.69) is 21.2 Å². The van der Waals surface area contributed by atoms with Gasteiger partial charge in [-0.3, -0.25) is 14.9 Å². The minimum atomic E-state index is -0.956. The maximum atomic E-state index is 10.8. The minimum Gasteiger partial charge on any atom is -0.481 e. The number of aliphatic carboxylic acids is 1. The summed E-state index contributed by atoms with van der Waals surface area (Å²) in [6, 6.07) is 4.09. The summed E-state index contributed by atoms with van der Waals surface area (Å²) in [6.07, 6.45) is -0.107. The van der Waals surface area contributed by atoms with E-state index in [4.69, 9.17) is 5.11 Å². The van der Waals surface area contributed by atoms with Gasteiger partial charge in [0, 0.05) is 16.6 Å². The van der Waals surface area contributed by atoms with Crippen LogP contribution in [-0.4, -0.2) is 22.0 Å². The fraction of sp³-hybridized carbons (Fsp3) is 0.300. The highest BCUT2D eigenvalue weighted by atomic mass is 79.9. The van der Waals surface area contributed by atoms with Crippen LogP contribution in [0.5, 0.6) is 0 Å². The highest BCUT2D eigenvalue weighted by molar-refractivity contribution is 9.10. The molecule has 0 aliphatic rings. The van der Waals surface area contributed by atoms with Crippen LogP contribution in [0.1, 0.15) is 13.3 Å². The van der Waals surface area contributed by atoms with E-state index in [-0.39, 0.29) is 18.2 Å². The van der Waals surface area contributed by atoms with Crippen molar-refractivity contribution >= 4 is 33.3 Å². The van der Waals surface area contributed by atoms with Gasteiger partial charge in [0.05, 0.1) is 11.3 Å². The van der Waals surface area contributed by atoms with Crippen LogP contribution in [0.2, 0.25) is 0 Å². The summed E-state index contributed by atoms with van der Waals surface area (Å²) >= 11 is 3.21. The maximum Gasteiger partial charge on any atom is 0.305 e. The van der Waals surface area contributed by atoms with E-state index in [1.165, 1.54) is 6.07 Å². The second kappa shape index (κ2) is 5.62. The standard InChI is InChI=1S/C10H11BrN2O4/c1-6(4-10(14)15)12-8-5-7(11)2-3-9(8)13(16)17/h2-3,5-6,12H,4H2,1H3,(H,14,15)/t6-/m1/s1. The number of nitrogens with one attached hydrogen (secondary N) is 1. The molecule has 0 saturated carbocycles. The van der Waals surface area contributed by atoms with Crippen molar-refractivity contribution < 1.29 is 14.8 Å². The van der Waals surface area contributed by atoms with Crippen molar-refractivity contribution in [1.29, 1.82) is 0 Å². The smallest absolute Gasteiger partial charge is 0.305 e. The van der Waals surface area contributed by atoms with Crippen molar-refractivity contribution in [2.75, 3.05) is 5.32 Å². The number of hydrogen-bond donors (Lipinski definition) is 2. The first-order valence-electron chi connectivity index (χ1n) is 4.82. The lowest BCUT2D eigenvalue weighted by molar-refractivity contribution is -0.384. The molecule has 2 N–H and O–H groups in total. The Labute approximate surface area is 106 Å². The average molecular weight is 303 g/mol. The molecule has 0 aromatic heterocycles. The van der Waals surface area contributed by atoms with E-state index in [1.807, 2.05) is 0 Å². The maximum absolute atomic E-state index is 10.8. The number of benzene rings is 1. The van der Waals surface area contributed by atoms with Crippen LogP contribution < -0.4 is 5.32 Å². The van der Waals surface area contributed by atoms with Crippen LogP contribution >= 0.6 is 15.9 Å². The van der Waals surface area contributed by atoms with Gasteiger partial charge in [0.15, 0.2) is 0 Å². The van der Waals surface area contributed by atoms with E-state index < -0.39 is 10.9 Å². The van der Waals surface area contributed by atoms with E-state index in [0.29, 0.717) is 10.2 Å². The number of nitro benzene ring substituents is 1. The Kier molecular flexibility index (Phi) is 4.45. The van der Waals surface area contributed by atoms with Crippen molar-refractivity contribution in [3.05, 3.63) is 32.8 Å². The van der Waals surface area contributed by atoms with Gasteiger partial charge in [-0.2, -0.15) is 0 Å². The summed E-state index contributed by atoms with van der Waals surface area (Å²) in [4.78, 5) is 20.8. The molecule has 92 valence electrons. The third-order valence-corrected chi connectivity index (χ3v) is 2.53. The van der Waals surface area contributed by atoms with E-state index in [9.17, 15) is 14.9 Å². The summed E-state index contributed by atoms with van der Waals surface area (Å²) < 4.78 is 0.688. The van der Waals surface area contributed by atoms with E-state index in [0.717, 1.165) is 0 Å². The first-order valence-corrected chi connectivity index (χ1v) is 5.61. The molecule has 1 atom stereocenters. The molecule has 0 spiro atoms. The van der Waals surface area contributed by atoms with Crippen molar-refractivity contribution in [3.63, 3.8) is 0 Å². The van der Waals surface area contributed by atoms with Gasteiger partial charge in [0.25, 0.3) is 5.69 Å². The van der Waals surface area contributed by atoms with Crippen molar-refractivity contribution in [2.24, 2.45) is 0 Å². The SMILES string of the molecule is C[C@H](CC(=O)O)Nc1cc(Br)ccc1[N+](=O)[O-]. The molecular weight excluding hydrogens is 292 g/mol. The van der Waals surface area contributed by atoms with Crippen LogP contribution in [0, 0.1) is 10.1 Å². The number of rotatable bonds is 5. The Hall–Kier alpha value is -1.63. The zero-order valence-electron chi connectivity index (χ0n) is 9.01. The average Bonchev–Trinajstić information content (AvgIpc) is 2.15. The molecule has 0 heterocycles. The summed E-state index contributed by atoms with van der Waals surface area (Å²) in [5.74, 6) is -0.956. The largest absolute Gasteiger partial charge is 0.481 e. The van der Waals surface area contributed by atoms with Gasteiger partial charge in [0.2, 0.25) is 0 Å². The molecule has 0 amide bonds. The second-order valence-corrected chi connectivity index (χ2v) is 4.48. The van der Waals surface area contributed by atoms with Crippen LogP contribution in [0.4, 0.5) is 11.4 Å². The minimum absolute atomic E-state index is 0.0783. The molecule has 0 aliphatic carbocycles. The molecule has 0 bridgehead atoms. The zero-order valence-corrected chi connectivity index (χ0v) is 10.6. The lowest BCUT2D eigenvalue weighted by atomic mass is 10.2. The number of nitrogens with zero attached hydrogens (tertiary/aromatic N) is 1. The molecule has 0 unspecified atom stereocenters. The zero-order chi connectivity index (χ0) is 13.0. The molecule has 0 saturated heterocycles. The second-order valence-electron chi connectivity index (χ2n) is 3.56. The summed E-state index contributed by atoms with van der Waals surface area (Å²) in [5, 5.41) is 22.2. The molecule has 6 nitrogen and oxygen atoms in total. The Bertz CT molecular complexity index is 450. The van der Waals surface area contributed by atoms with Crippen LogP contribution in [0.15, 0.2) is 22.7 Å². The number of nitro groups is 1. The first kappa shape index (κ1) is 13.4. The molecule has 1 aromatic rings. The molecule has 1 rings (SSSR count). The molecule has 0 aliphatic heterocycles. The fourth-order valence-corrected chi connectivity index (χ4v) is 1.72. The van der Waals surface area contributed by atoms with Gasteiger partial charge in [-0.05, 0) is 19.1 Å². The Morgan fingerprint density at radius 1 is 1.65 bits per heavy atom. The van der Waals surface area contributed by atoms with Gasteiger partial charge >= 0.3 is 5.97 Å². The lowest BCUT2D eigenvalue weighted by Gasteiger charge is -2.13. The van der Waals surface area contributed by atoms with Crippen LogP contribution in [-0.2, 0) is 4.79 Å². The molecular formula is C10H11BrN2O4. The normalized spacial score (nSPS) is 11.9. The van der Waals surface area contributed by atoms with Gasteiger partial charge < -0.3 is 10.4 Å². The number of hydrogen-bond acceptors (Lipinski definition) is 4. The van der Waals surface area contributed by atoms with E-state index >= 15 is 0 Å². The van der Waals surface area contributed by atoms with Gasteiger partial charge in [-0.15, -0.1) is 0 Å². The molecule has 7 heteroatoms. The van der Waals surface area contributed by atoms with E-state index in [1.54, 1.807) is 19.1 Å². The quantitative estimate of drug-likeness (QED) is 0.644. The number of carboxylic acid groups (broad SMARTS) is 1. The first-order chi connectivity index (χ1) is 7.90. The fourth-order valence-electron chi connectivity index (χ4n) is 1.36. The molecule has 0 fully saturated rings. The Morgan fingerprint density at radius 3 is 2.82 bits per heavy atom. The number of carbonyl (C=O) groups is 1. The summed E-state index contributed by atoms with van der Waals surface area (Å²) in [6.45, 7) is 1.65. The number of anilines is 1. The highest BCUT2D eigenvalue weighted by Crippen LogP contribution is 2.28. The summed E-state index contributed by atoms with van der Waals surface area (Å²) in [5.41, 5.74) is 0.226. The molecule has 0 radical (unpaired) electrons. The highest BCUT2D eigenvalue weighted by Gasteiger charge is 2.16.